The minimum absolute atomic E-state index is 0.119. The first-order chi connectivity index (χ1) is 9.99. The third kappa shape index (κ3) is 3.71. The van der Waals surface area contributed by atoms with Gasteiger partial charge in [-0.3, -0.25) is 9.59 Å². The number of nitrogens with one attached hydrogen (secondary N) is 1. The van der Waals surface area contributed by atoms with Crippen molar-refractivity contribution in [2.75, 3.05) is 25.4 Å². The number of carbonyl (C=O) groups excluding carboxylic acids is 2. The van der Waals surface area contributed by atoms with E-state index in [1.165, 1.54) is 12.1 Å². The normalized spacial score (nSPS) is 14.9. The zero-order valence-corrected chi connectivity index (χ0v) is 12.1. The third-order valence-electron chi connectivity index (χ3n) is 3.63. The molecule has 2 amide bonds. The quantitative estimate of drug-likeness (QED) is 0.828. The third-order valence-corrected chi connectivity index (χ3v) is 3.63. The van der Waals surface area contributed by atoms with Crippen molar-refractivity contribution in [2.45, 2.75) is 26.2 Å². The molecule has 21 heavy (non-hydrogen) atoms. The Morgan fingerprint density at radius 3 is 2.62 bits per heavy atom. The first-order valence-corrected chi connectivity index (χ1v) is 7.10. The van der Waals surface area contributed by atoms with Crippen LogP contribution in [0.5, 0.6) is 0 Å². The van der Waals surface area contributed by atoms with Crippen LogP contribution < -0.4 is 11.1 Å². The molecule has 1 aromatic carbocycles. The number of halogens is 1. The Labute approximate surface area is 123 Å². The van der Waals surface area contributed by atoms with Crippen LogP contribution in [0.25, 0.3) is 0 Å². The monoisotopic (exact) mass is 293 g/mol. The SMILES string of the molecule is Cc1cc(N)cc(C(=O)NCC(=O)N2CCCCC2)c1F. The van der Waals surface area contributed by atoms with E-state index in [0.717, 1.165) is 32.4 Å². The van der Waals surface area contributed by atoms with E-state index in [4.69, 9.17) is 5.73 Å². The zero-order valence-electron chi connectivity index (χ0n) is 12.1. The molecule has 1 aliphatic heterocycles. The summed E-state index contributed by atoms with van der Waals surface area (Å²) in [4.78, 5) is 25.7. The fraction of sp³-hybridized carbons (Fsp3) is 0.467. The second-order valence-corrected chi connectivity index (χ2v) is 5.32. The first kappa shape index (κ1) is 15.3. The standard InChI is InChI=1S/C15H20FN3O2/c1-10-7-11(17)8-12(14(10)16)15(21)18-9-13(20)19-5-3-2-4-6-19/h7-8H,2-6,9,17H2,1H3,(H,18,21). The van der Waals surface area contributed by atoms with Gasteiger partial charge in [-0.05, 0) is 43.9 Å². The van der Waals surface area contributed by atoms with E-state index < -0.39 is 11.7 Å². The molecule has 1 fully saturated rings. The van der Waals surface area contributed by atoms with Gasteiger partial charge in [-0.2, -0.15) is 0 Å². The summed E-state index contributed by atoms with van der Waals surface area (Å²) in [6.45, 7) is 2.87. The summed E-state index contributed by atoms with van der Waals surface area (Å²) in [6.07, 6.45) is 3.11. The summed E-state index contributed by atoms with van der Waals surface area (Å²) in [5.74, 6) is -1.36. The van der Waals surface area contributed by atoms with Gasteiger partial charge >= 0.3 is 0 Å². The highest BCUT2D eigenvalue weighted by Gasteiger charge is 2.19. The fourth-order valence-corrected chi connectivity index (χ4v) is 2.47. The second-order valence-electron chi connectivity index (χ2n) is 5.32. The van der Waals surface area contributed by atoms with Crippen molar-refractivity contribution in [1.82, 2.24) is 10.2 Å². The molecule has 6 heteroatoms. The number of hydrogen-bond acceptors (Lipinski definition) is 3. The van der Waals surface area contributed by atoms with Gasteiger partial charge in [0.1, 0.15) is 5.82 Å². The number of benzene rings is 1. The number of piperidine rings is 1. The highest BCUT2D eigenvalue weighted by atomic mass is 19.1. The lowest BCUT2D eigenvalue weighted by Crippen LogP contribution is -2.42. The number of nitrogens with two attached hydrogens (primary N) is 1. The van der Waals surface area contributed by atoms with Gasteiger partial charge in [-0.15, -0.1) is 0 Å². The maximum Gasteiger partial charge on any atom is 0.254 e. The molecule has 2 rings (SSSR count). The Hall–Kier alpha value is -2.11. The van der Waals surface area contributed by atoms with Gasteiger partial charge in [0.05, 0.1) is 12.1 Å². The van der Waals surface area contributed by atoms with E-state index in [0.29, 0.717) is 11.3 Å². The van der Waals surface area contributed by atoms with Gasteiger partial charge in [0.25, 0.3) is 5.91 Å². The van der Waals surface area contributed by atoms with E-state index in [1.807, 2.05) is 0 Å². The summed E-state index contributed by atoms with van der Waals surface area (Å²) in [7, 11) is 0. The molecule has 0 spiro atoms. The van der Waals surface area contributed by atoms with Gasteiger partial charge in [-0.1, -0.05) is 0 Å². The number of rotatable bonds is 3. The minimum Gasteiger partial charge on any atom is -0.399 e. The van der Waals surface area contributed by atoms with Crippen LogP contribution >= 0.6 is 0 Å². The molecule has 5 nitrogen and oxygen atoms in total. The number of likely N-dealkylation sites (tertiary alicyclic amines) is 1. The molecule has 0 aliphatic carbocycles. The lowest BCUT2D eigenvalue weighted by Gasteiger charge is -2.26. The van der Waals surface area contributed by atoms with Crippen molar-refractivity contribution < 1.29 is 14.0 Å². The van der Waals surface area contributed by atoms with Gasteiger partial charge < -0.3 is 16.0 Å². The van der Waals surface area contributed by atoms with Crippen molar-refractivity contribution in [2.24, 2.45) is 0 Å². The Kier molecular flexibility index (Phi) is 4.77. The number of carbonyl (C=O) groups is 2. The van der Waals surface area contributed by atoms with Gasteiger partial charge in [0.2, 0.25) is 5.91 Å². The predicted octanol–water partition coefficient (Wildman–Crippen LogP) is 1.46. The van der Waals surface area contributed by atoms with Crippen LogP contribution in [-0.2, 0) is 4.79 Å². The molecular weight excluding hydrogens is 273 g/mol. The van der Waals surface area contributed by atoms with Crippen molar-refractivity contribution >= 4 is 17.5 Å². The minimum atomic E-state index is -0.617. The van der Waals surface area contributed by atoms with Crippen LogP contribution in [0.15, 0.2) is 12.1 Å². The average molecular weight is 293 g/mol. The average Bonchev–Trinajstić information content (AvgIpc) is 2.49. The number of aryl methyl sites for hydroxylation is 1. The van der Waals surface area contributed by atoms with Crippen LogP contribution in [0.2, 0.25) is 0 Å². The molecule has 0 atom stereocenters. The molecule has 1 heterocycles. The van der Waals surface area contributed by atoms with E-state index in [-0.39, 0.29) is 18.0 Å². The molecule has 1 aliphatic rings. The number of anilines is 1. The number of nitrogens with zero attached hydrogens (tertiary/aromatic N) is 1. The molecule has 114 valence electrons. The maximum atomic E-state index is 13.9. The highest BCUT2D eigenvalue weighted by molar-refractivity contribution is 5.97. The number of hydrogen-bond donors (Lipinski definition) is 2. The van der Waals surface area contributed by atoms with E-state index in [9.17, 15) is 14.0 Å². The summed E-state index contributed by atoms with van der Waals surface area (Å²) < 4.78 is 13.9. The topological polar surface area (TPSA) is 75.4 Å². The largest absolute Gasteiger partial charge is 0.399 e. The summed E-state index contributed by atoms with van der Waals surface area (Å²) in [5.41, 5.74) is 6.12. The smallest absolute Gasteiger partial charge is 0.254 e. The van der Waals surface area contributed by atoms with Gasteiger partial charge in [0, 0.05) is 18.8 Å². The summed E-state index contributed by atoms with van der Waals surface area (Å²) >= 11 is 0. The van der Waals surface area contributed by atoms with E-state index in [1.54, 1.807) is 11.8 Å². The van der Waals surface area contributed by atoms with Crippen molar-refractivity contribution in [3.63, 3.8) is 0 Å². The van der Waals surface area contributed by atoms with E-state index >= 15 is 0 Å². The van der Waals surface area contributed by atoms with Crippen LogP contribution in [0.3, 0.4) is 0 Å². The molecule has 3 N–H and O–H groups in total. The molecular formula is C15H20FN3O2. The maximum absolute atomic E-state index is 13.9. The van der Waals surface area contributed by atoms with Crippen LogP contribution in [0, 0.1) is 12.7 Å². The Morgan fingerprint density at radius 2 is 1.95 bits per heavy atom. The fourth-order valence-electron chi connectivity index (χ4n) is 2.47. The lowest BCUT2D eigenvalue weighted by atomic mass is 10.1. The summed E-state index contributed by atoms with van der Waals surface area (Å²) in [6, 6.07) is 2.74. The lowest BCUT2D eigenvalue weighted by molar-refractivity contribution is -0.130. The number of nitrogen functional groups attached to an aromatic ring is 1. The van der Waals surface area contributed by atoms with Crippen molar-refractivity contribution in [3.8, 4) is 0 Å². The van der Waals surface area contributed by atoms with Crippen molar-refractivity contribution in [1.29, 1.82) is 0 Å². The molecule has 0 aromatic heterocycles. The molecule has 0 unspecified atom stereocenters. The van der Waals surface area contributed by atoms with Crippen molar-refractivity contribution in [3.05, 3.63) is 29.1 Å². The van der Waals surface area contributed by atoms with Gasteiger partial charge in [-0.25, -0.2) is 4.39 Å². The molecule has 0 saturated carbocycles. The van der Waals surface area contributed by atoms with Gasteiger partial charge in [0.15, 0.2) is 0 Å². The number of amides is 2. The molecule has 1 aromatic rings. The zero-order chi connectivity index (χ0) is 15.4. The molecule has 0 radical (unpaired) electrons. The predicted molar refractivity (Wildman–Crippen MR) is 78.3 cm³/mol. The Morgan fingerprint density at radius 1 is 1.29 bits per heavy atom. The van der Waals surface area contributed by atoms with Crippen LogP contribution in [0.4, 0.5) is 10.1 Å². The first-order valence-electron chi connectivity index (χ1n) is 7.10. The Balaban J connectivity index is 1.97. The van der Waals surface area contributed by atoms with E-state index in [2.05, 4.69) is 5.32 Å². The van der Waals surface area contributed by atoms with Crippen LogP contribution in [-0.4, -0.2) is 36.3 Å². The molecule has 0 bridgehead atoms. The summed E-state index contributed by atoms with van der Waals surface area (Å²) in [5, 5.41) is 2.47. The Bertz CT molecular complexity index is 554. The highest BCUT2D eigenvalue weighted by Crippen LogP contribution is 2.17. The molecule has 1 saturated heterocycles. The van der Waals surface area contributed by atoms with Crippen LogP contribution in [0.1, 0.15) is 35.2 Å². The second kappa shape index (κ2) is 6.56.